The third-order valence-electron chi connectivity index (χ3n) is 5.15. The summed E-state index contributed by atoms with van der Waals surface area (Å²) in [5.41, 5.74) is 7.58. The largest absolute Gasteiger partial charge is 0.493 e. The van der Waals surface area contributed by atoms with E-state index in [0.29, 0.717) is 39.4 Å². The fourth-order valence-electron chi connectivity index (χ4n) is 3.50. The number of para-hydroxylation sites is 1. The molecule has 2 aromatic carbocycles. The Bertz CT molecular complexity index is 1330. The molecule has 0 aliphatic rings. The molecule has 2 aromatic heterocycles. The number of aromatic nitrogens is 2. The van der Waals surface area contributed by atoms with Crippen LogP contribution in [0.25, 0.3) is 22.2 Å². The van der Waals surface area contributed by atoms with E-state index in [4.69, 9.17) is 14.2 Å². The molecule has 0 aliphatic carbocycles. The lowest BCUT2D eigenvalue weighted by Gasteiger charge is -2.15. The van der Waals surface area contributed by atoms with Crippen molar-refractivity contribution in [3.05, 3.63) is 78.1 Å². The van der Waals surface area contributed by atoms with Crippen LogP contribution >= 0.6 is 0 Å². The van der Waals surface area contributed by atoms with E-state index >= 15 is 0 Å². The van der Waals surface area contributed by atoms with Gasteiger partial charge >= 0.3 is 0 Å². The first-order chi connectivity index (χ1) is 16.5. The minimum atomic E-state index is -0.555. The fourth-order valence-corrected chi connectivity index (χ4v) is 3.50. The van der Waals surface area contributed by atoms with Crippen molar-refractivity contribution in [2.24, 2.45) is 0 Å². The molecular formula is C25H22N4O5. The normalized spacial score (nSPS) is 10.4. The van der Waals surface area contributed by atoms with Gasteiger partial charge in [-0.15, -0.1) is 0 Å². The molecule has 9 nitrogen and oxygen atoms in total. The standard InChI is InChI=1S/C25H22N4O5/c1-32-21-12-16(13-22(33-2)23(21)34-3)24(30)28-29-25(31)18-14-20(15-8-10-26-11-9-15)27-19-7-5-4-6-17(18)19/h4-14H,1-3H3,(H,28,30)(H,29,31). The van der Waals surface area contributed by atoms with Gasteiger partial charge in [0.25, 0.3) is 11.8 Å². The van der Waals surface area contributed by atoms with Crippen LogP contribution in [-0.2, 0) is 0 Å². The molecule has 0 bridgehead atoms. The summed E-state index contributed by atoms with van der Waals surface area (Å²) in [4.78, 5) is 34.5. The van der Waals surface area contributed by atoms with Gasteiger partial charge in [0.2, 0.25) is 5.75 Å². The zero-order chi connectivity index (χ0) is 24.1. The van der Waals surface area contributed by atoms with Crippen LogP contribution in [0.3, 0.4) is 0 Å². The summed E-state index contributed by atoms with van der Waals surface area (Å²) < 4.78 is 15.8. The van der Waals surface area contributed by atoms with Gasteiger partial charge in [-0.3, -0.25) is 25.4 Å². The number of fused-ring (bicyclic) bond motifs is 1. The Morgan fingerprint density at radius 1 is 0.794 bits per heavy atom. The molecule has 0 radical (unpaired) electrons. The van der Waals surface area contributed by atoms with E-state index in [1.807, 2.05) is 30.3 Å². The molecule has 2 amide bonds. The molecule has 4 aromatic rings. The quantitative estimate of drug-likeness (QED) is 0.426. The Morgan fingerprint density at radius 3 is 2.09 bits per heavy atom. The smallest absolute Gasteiger partial charge is 0.270 e. The fraction of sp³-hybridized carbons (Fsp3) is 0.120. The van der Waals surface area contributed by atoms with Crippen molar-refractivity contribution in [3.8, 4) is 28.5 Å². The van der Waals surface area contributed by atoms with Gasteiger partial charge in [-0.2, -0.15) is 0 Å². The van der Waals surface area contributed by atoms with Crippen LogP contribution in [0.15, 0.2) is 67.0 Å². The van der Waals surface area contributed by atoms with Crippen molar-refractivity contribution < 1.29 is 23.8 Å². The summed E-state index contributed by atoms with van der Waals surface area (Å²) in [7, 11) is 4.38. The van der Waals surface area contributed by atoms with E-state index in [-0.39, 0.29) is 5.56 Å². The molecule has 9 heteroatoms. The Labute approximate surface area is 195 Å². The first-order valence-electron chi connectivity index (χ1n) is 10.3. The average Bonchev–Trinajstić information content (AvgIpc) is 2.90. The predicted molar refractivity (Wildman–Crippen MR) is 126 cm³/mol. The summed E-state index contributed by atoms with van der Waals surface area (Å²) in [6, 6.07) is 15.6. The van der Waals surface area contributed by atoms with Gasteiger partial charge in [0.1, 0.15) is 0 Å². The maximum Gasteiger partial charge on any atom is 0.270 e. The third kappa shape index (κ3) is 4.44. The Kier molecular flexibility index (Phi) is 6.54. The number of nitrogens with zero attached hydrogens (tertiary/aromatic N) is 2. The molecular weight excluding hydrogens is 436 g/mol. The van der Waals surface area contributed by atoms with E-state index in [1.54, 1.807) is 24.5 Å². The maximum atomic E-state index is 13.1. The SMILES string of the molecule is COc1cc(C(=O)NNC(=O)c2cc(-c3ccncc3)nc3ccccc23)cc(OC)c1OC. The van der Waals surface area contributed by atoms with Crippen molar-refractivity contribution in [2.45, 2.75) is 0 Å². The lowest BCUT2D eigenvalue weighted by Crippen LogP contribution is -2.41. The van der Waals surface area contributed by atoms with Crippen LogP contribution in [0.2, 0.25) is 0 Å². The number of rotatable bonds is 6. The minimum Gasteiger partial charge on any atom is -0.493 e. The summed E-state index contributed by atoms with van der Waals surface area (Å²) in [6.07, 6.45) is 3.31. The topological polar surface area (TPSA) is 112 Å². The number of methoxy groups -OCH3 is 3. The summed E-state index contributed by atoms with van der Waals surface area (Å²) in [5.74, 6) is -0.0478. The molecule has 2 N–H and O–H groups in total. The van der Waals surface area contributed by atoms with Gasteiger partial charge in [0, 0.05) is 28.9 Å². The van der Waals surface area contributed by atoms with Crippen LogP contribution < -0.4 is 25.1 Å². The zero-order valence-electron chi connectivity index (χ0n) is 18.8. The number of hydrogen-bond donors (Lipinski definition) is 2. The highest BCUT2D eigenvalue weighted by Gasteiger charge is 2.19. The second-order valence-corrected chi connectivity index (χ2v) is 7.13. The van der Waals surface area contributed by atoms with Crippen molar-refractivity contribution in [1.82, 2.24) is 20.8 Å². The lowest BCUT2D eigenvalue weighted by molar-refractivity contribution is 0.0847. The summed E-state index contributed by atoms with van der Waals surface area (Å²) >= 11 is 0. The van der Waals surface area contributed by atoms with Gasteiger partial charge < -0.3 is 14.2 Å². The van der Waals surface area contributed by atoms with E-state index < -0.39 is 11.8 Å². The number of hydrogen-bond acceptors (Lipinski definition) is 7. The molecule has 0 unspecified atom stereocenters. The number of nitrogens with one attached hydrogen (secondary N) is 2. The minimum absolute atomic E-state index is 0.215. The van der Waals surface area contributed by atoms with Gasteiger partial charge in [-0.25, -0.2) is 4.98 Å². The van der Waals surface area contributed by atoms with Crippen LogP contribution in [0.5, 0.6) is 17.2 Å². The Hall–Kier alpha value is -4.66. The molecule has 34 heavy (non-hydrogen) atoms. The Balaban J connectivity index is 1.61. The number of pyridine rings is 2. The second kappa shape index (κ2) is 9.86. The van der Waals surface area contributed by atoms with E-state index in [2.05, 4.69) is 20.8 Å². The predicted octanol–water partition coefficient (Wildman–Crippen LogP) is 3.40. The number of carbonyl (C=O) groups is 2. The highest BCUT2D eigenvalue weighted by molar-refractivity contribution is 6.08. The molecule has 0 spiro atoms. The van der Waals surface area contributed by atoms with Crippen molar-refractivity contribution in [2.75, 3.05) is 21.3 Å². The number of ether oxygens (including phenoxy) is 3. The average molecular weight is 458 g/mol. The van der Waals surface area contributed by atoms with Crippen molar-refractivity contribution >= 4 is 22.7 Å². The second-order valence-electron chi connectivity index (χ2n) is 7.13. The monoisotopic (exact) mass is 458 g/mol. The molecule has 0 atom stereocenters. The lowest BCUT2D eigenvalue weighted by atomic mass is 10.0. The molecule has 0 saturated heterocycles. The number of hydrazine groups is 1. The molecule has 4 rings (SSSR count). The zero-order valence-corrected chi connectivity index (χ0v) is 18.8. The molecule has 0 fully saturated rings. The van der Waals surface area contributed by atoms with Gasteiger partial charge in [0.15, 0.2) is 11.5 Å². The highest BCUT2D eigenvalue weighted by Crippen LogP contribution is 2.38. The highest BCUT2D eigenvalue weighted by atomic mass is 16.5. The molecule has 172 valence electrons. The van der Waals surface area contributed by atoms with Crippen molar-refractivity contribution in [3.63, 3.8) is 0 Å². The summed E-state index contributed by atoms with van der Waals surface area (Å²) in [5, 5.41) is 0.653. The maximum absolute atomic E-state index is 13.1. The first-order valence-corrected chi connectivity index (χ1v) is 10.3. The van der Waals surface area contributed by atoms with E-state index in [1.165, 1.54) is 33.5 Å². The van der Waals surface area contributed by atoms with Gasteiger partial charge in [-0.1, -0.05) is 18.2 Å². The Morgan fingerprint density at radius 2 is 1.44 bits per heavy atom. The van der Waals surface area contributed by atoms with Gasteiger partial charge in [-0.05, 0) is 36.4 Å². The van der Waals surface area contributed by atoms with Gasteiger partial charge in [0.05, 0.1) is 38.1 Å². The molecule has 0 aliphatic heterocycles. The number of amides is 2. The number of benzene rings is 2. The van der Waals surface area contributed by atoms with Crippen LogP contribution in [-0.4, -0.2) is 43.1 Å². The van der Waals surface area contributed by atoms with Crippen molar-refractivity contribution in [1.29, 1.82) is 0 Å². The summed E-state index contributed by atoms with van der Waals surface area (Å²) in [6.45, 7) is 0. The van der Waals surface area contributed by atoms with E-state index in [0.717, 1.165) is 5.56 Å². The molecule has 2 heterocycles. The van der Waals surface area contributed by atoms with Crippen LogP contribution in [0, 0.1) is 0 Å². The first kappa shape index (κ1) is 22.5. The van der Waals surface area contributed by atoms with E-state index in [9.17, 15) is 9.59 Å². The number of carbonyl (C=O) groups excluding carboxylic acids is 2. The van der Waals surface area contributed by atoms with Crippen LogP contribution in [0.4, 0.5) is 0 Å². The molecule has 0 saturated carbocycles. The third-order valence-corrected chi connectivity index (χ3v) is 5.15. The van der Waals surface area contributed by atoms with Crippen LogP contribution in [0.1, 0.15) is 20.7 Å².